The molecule has 7 heteroatoms. The van der Waals surface area contributed by atoms with Crippen LogP contribution in [-0.2, 0) is 4.74 Å². The van der Waals surface area contributed by atoms with Gasteiger partial charge in [-0.2, -0.15) is 0 Å². The fourth-order valence-corrected chi connectivity index (χ4v) is 2.59. The fourth-order valence-electron chi connectivity index (χ4n) is 2.59. The van der Waals surface area contributed by atoms with Crippen molar-refractivity contribution in [3.8, 4) is 0 Å². The second-order valence-corrected chi connectivity index (χ2v) is 5.36. The summed E-state index contributed by atoms with van der Waals surface area (Å²) >= 11 is 0. The maximum Gasteiger partial charge on any atom is 0.338 e. The molecule has 0 spiro atoms. The van der Waals surface area contributed by atoms with Crippen LogP contribution < -0.4 is 5.32 Å². The molecule has 1 saturated carbocycles. The Hall–Kier alpha value is -2.15. The number of hydrogen-bond acceptors (Lipinski definition) is 6. The number of nitrogens with zero attached hydrogens (tertiary/aromatic N) is 1. The van der Waals surface area contributed by atoms with E-state index in [0.29, 0.717) is 18.5 Å². The van der Waals surface area contributed by atoms with Crippen molar-refractivity contribution >= 4 is 17.3 Å². The summed E-state index contributed by atoms with van der Waals surface area (Å²) in [6, 6.07) is 4.22. The summed E-state index contributed by atoms with van der Waals surface area (Å²) in [6.07, 6.45) is 2.52. The molecular formula is C15H20N2O5. The lowest BCUT2D eigenvalue weighted by Gasteiger charge is -2.27. The number of aliphatic hydroxyl groups excluding tert-OH is 1. The Morgan fingerprint density at radius 2 is 2.09 bits per heavy atom. The molecule has 22 heavy (non-hydrogen) atoms. The average Bonchev–Trinajstić information content (AvgIpc) is 2.49. The van der Waals surface area contributed by atoms with Crippen LogP contribution in [0.25, 0.3) is 0 Å². The molecule has 1 aromatic carbocycles. The van der Waals surface area contributed by atoms with E-state index in [1.54, 1.807) is 6.92 Å². The van der Waals surface area contributed by atoms with Gasteiger partial charge in [-0.3, -0.25) is 10.1 Å². The van der Waals surface area contributed by atoms with Crippen molar-refractivity contribution in [2.75, 3.05) is 11.9 Å². The topological polar surface area (TPSA) is 102 Å². The number of anilines is 1. The zero-order valence-electron chi connectivity index (χ0n) is 12.4. The van der Waals surface area contributed by atoms with Gasteiger partial charge in [0, 0.05) is 12.1 Å². The summed E-state index contributed by atoms with van der Waals surface area (Å²) in [5.74, 6) is -0.500. The van der Waals surface area contributed by atoms with E-state index < -0.39 is 10.9 Å². The summed E-state index contributed by atoms with van der Waals surface area (Å²) in [5, 5.41) is 23.8. The molecule has 1 aliphatic carbocycles. The van der Waals surface area contributed by atoms with Gasteiger partial charge in [0.1, 0.15) is 5.69 Å². The average molecular weight is 308 g/mol. The van der Waals surface area contributed by atoms with Gasteiger partial charge in [0.25, 0.3) is 5.69 Å². The third kappa shape index (κ3) is 3.94. The molecule has 2 N–H and O–H groups in total. The van der Waals surface area contributed by atoms with E-state index in [0.717, 1.165) is 12.8 Å². The van der Waals surface area contributed by atoms with Gasteiger partial charge in [0.15, 0.2) is 0 Å². The number of aliphatic hydroxyl groups is 1. The summed E-state index contributed by atoms with van der Waals surface area (Å²) in [5.41, 5.74) is 0.530. The Balaban J connectivity index is 2.20. The van der Waals surface area contributed by atoms with E-state index >= 15 is 0 Å². The Bertz CT molecular complexity index is 553. The van der Waals surface area contributed by atoms with Crippen molar-refractivity contribution in [3.63, 3.8) is 0 Å². The van der Waals surface area contributed by atoms with E-state index in [1.165, 1.54) is 18.2 Å². The Labute approximate surface area is 128 Å². The minimum Gasteiger partial charge on any atom is -0.462 e. The molecule has 0 unspecified atom stereocenters. The van der Waals surface area contributed by atoms with Crippen LogP contribution in [0.3, 0.4) is 0 Å². The smallest absolute Gasteiger partial charge is 0.338 e. The predicted molar refractivity (Wildman–Crippen MR) is 80.9 cm³/mol. The highest BCUT2D eigenvalue weighted by molar-refractivity contribution is 5.91. The van der Waals surface area contributed by atoms with Crippen molar-refractivity contribution < 1.29 is 19.6 Å². The first kappa shape index (κ1) is 16.2. The van der Waals surface area contributed by atoms with Crippen LogP contribution in [0.1, 0.15) is 43.0 Å². The molecule has 0 heterocycles. The van der Waals surface area contributed by atoms with Crippen LogP contribution in [0, 0.1) is 10.1 Å². The first-order valence-electron chi connectivity index (χ1n) is 7.41. The lowest BCUT2D eigenvalue weighted by molar-refractivity contribution is -0.384. The molecule has 2 rings (SSSR count). The van der Waals surface area contributed by atoms with Crippen molar-refractivity contribution in [1.29, 1.82) is 0 Å². The summed E-state index contributed by atoms with van der Waals surface area (Å²) < 4.78 is 4.92. The van der Waals surface area contributed by atoms with E-state index in [9.17, 15) is 20.0 Å². The van der Waals surface area contributed by atoms with Crippen LogP contribution >= 0.6 is 0 Å². The molecule has 120 valence electrons. The lowest BCUT2D eigenvalue weighted by Crippen LogP contribution is -2.28. The number of ether oxygens (including phenoxy) is 1. The molecule has 7 nitrogen and oxygen atoms in total. The Kier molecular flexibility index (Phi) is 5.32. The number of nitrogens with one attached hydrogen (secondary N) is 1. The zero-order valence-corrected chi connectivity index (χ0v) is 12.4. The largest absolute Gasteiger partial charge is 0.462 e. The zero-order chi connectivity index (χ0) is 16.1. The maximum absolute atomic E-state index is 11.8. The molecule has 0 aromatic heterocycles. The summed E-state index contributed by atoms with van der Waals surface area (Å²) in [4.78, 5) is 22.4. The van der Waals surface area contributed by atoms with Crippen LogP contribution in [0.4, 0.5) is 11.4 Å². The monoisotopic (exact) mass is 308 g/mol. The number of nitro benzene ring substituents is 1. The van der Waals surface area contributed by atoms with Gasteiger partial charge in [0.05, 0.1) is 23.2 Å². The second kappa shape index (κ2) is 7.22. The molecule has 1 aromatic rings. The number of carbonyl (C=O) groups is 1. The van der Waals surface area contributed by atoms with Gasteiger partial charge in [-0.15, -0.1) is 0 Å². The lowest BCUT2D eigenvalue weighted by atomic mass is 9.93. The molecule has 1 fully saturated rings. The van der Waals surface area contributed by atoms with Crippen LogP contribution in [0.5, 0.6) is 0 Å². The SMILES string of the molecule is CCOC(=O)c1ccc([N+](=O)[O-])c(NC2CCC(O)CC2)c1. The van der Waals surface area contributed by atoms with Gasteiger partial charge in [0.2, 0.25) is 0 Å². The third-order valence-corrected chi connectivity index (χ3v) is 3.76. The maximum atomic E-state index is 11.8. The van der Waals surface area contributed by atoms with Crippen LogP contribution in [-0.4, -0.2) is 34.8 Å². The number of esters is 1. The molecule has 0 saturated heterocycles. The predicted octanol–water partition coefficient (Wildman–Crippen LogP) is 2.49. The van der Waals surface area contributed by atoms with Gasteiger partial charge < -0.3 is 15.2 Å². The molecule has 1 aliphatic rings. The summed E-state index contributed by atoms with van der Waals surface area (Å²) in [6.45, 7) is 1.95. The second-order valence-electron chi connectivity index (χ2n) is 5.36. The van der Waals surface area contributed by atoms with E-state index in [4.69, 9.17) is 4.74 Å². The van der Waals surface area contributed by atoms with Crippen molar-refractivity contribution in [2.45, 2.75) is 44.8 Å². The third-order valence-electron chi connectivity index (χ3n) is 3.76. The first-order chi connectivity index (χ1) is 10.5. The van der Waals surface area contributed by atoms with Gasteiger partial charge in [-0.05, 0) is 44.7 Å². The van der Waals surface area contributed by atoms with Crippen LogP contribution in [0.2, 0.25) is 0 Å². The molecular weight excluding hydrogens is 288 g/mol. The molecule has 0 amide bonds. The number of carbonyl (C=O) groups excluding carboxylic acids is 1. The van der Waals surface area contributed by atoms with Gasteiger partial charge in [-0.25, -0.2) is 4.79 Å². The minimum atomic E-state index is -0.500. The van der Waals surface area contributed by atoms with Crippen molar-refractivity contribution in [3.05, 3.63) is 33.9 Å². The van der Waals surface area contributed by atoms with Gasteiger partial charge >= 0.3 is 5.97 Å². The van der Waals surface area contributed by atoms with E-state index in [1.807, 2.05) is 0 Å². The fraction of sp³-hybridized carbons (Fsp3) is 0.533. The number of rotatable bonds is 5. The summed E-state index contributed by atoms with van der Waals surface area (Å²) in [7, 11) is 0. The number of nitro groups is 1. The van der Waals surface area contributed by atoms with Crippen LogP contribution in [0.15, 0.2) is 18.2 Å². The van der Waals surface area contributed by atoms with Gasteiger partial charge in [-0.1, -0.05) is 0 Å². The number of benzene rings is 1. The Morgan fingerprint density at radius 1 is 1.41 bits per heavy atom. The quantitative estimate of drug-likeness (QED) is 0.492. The van der Waals surface area contributed by atoms with Crippen molar-refractivity contribution in [2.24, 2.45) is 0 Å². The highest BCUT2D eigenvalue weighted by Gasteiger charge is 2.23. The molecule has 0 bridgehead atoms. The van der Waals surface area contributed by atoms with Crippen molar-refractivity contribution in [1.82, 2.24) is 0 Å². The highest BCUT2D eigenvalue weighted by atomic mass is 16.6. The minimum absolute atomic E-state index is 0.0551. The van der Waals surface area contributed by atoms with E-state index in [2.05, 4.69) is 5.32 Å². The number of hydrogen-bond donors (Lipinski definition) is 2. The molecule has 0 aliphatic heterocycles. The standard InChI is InChI=1S/C15H20N2O5/c1-2-22-15(19)10-3-8-14(17(20)21)13(9-10)16-11-4-6-12(18)7-5-11/h3,8-9,11-12,16,18H,2,4-7H2,1H3. The highest BCUT2D eigenvalue weighted by Crippen LogP contribution is 2.29. The normalized spacial score (nSPS) is 21.2. The molecule has 0 atom stereocenters. The first-order valence-corrected chi connectivity index (χ1v) is 7.41. The Morgan fingerprint density at radius 3 is 2.68 bits per heavy atom. The van der Waals surface area contributed by atoms with E-state index in [-0.39, 0.29) is 30.0 Å². The molecule has 0 radical (unpaired) electrons.